The van der Waals surface area contributed by atoms with Gasteiger partial charge in [0.2, 0.25) is 5.60 Å². The van der Waals surface area contributed by atoms with E-state index in [1.165, 1.54) is 6.07 Å². The van der Waals surface area contributed by atoms with Crippen molar-refractivity contribution in [1.29, 1.82) is 10.7 Å². The number of carbonyl (C=O) groups is 1. The summed E-state index contributed by atoms with van der Waals surface area (Å²) in [5.41, 5.74) is -2.63. The number of ether oxygens (including phenoxy) is 2. The summed E-state index contributed by atoms with van der Waals surface area (Å²) in [4.78, 5) is 16.0. The van der Waals surface area contributed by atoms with E-state index in [0.717, 1.165) is 10.8 Å². The average Bonchev–Trinajstić information content (AvgIpc) is 3.39. The van der Waals surface area contributed by atoms with E-state index in [1.807, 2.05) is 6.07 Å². The Kier molecular flexibility index (Phi) is 3.06. The van der Waals surface area contributed by atoms with Crippen LogP contribution in [0.25, 0.3) is 5.52 Å². The molecule has 0 aromatic carbocycles. The number of esters is 1. The third-order valence-corrected chi connectivity index (χ3v) is 4.58. The number of nitrogens with zero attached hydrogens (tertiary/aromatic N) is 3. The molecule has 2 aromatic heterocycles. The van der Waals surface area contributed by atoms with Crippen molar-refractivity contribution in [3.63, 3.8) is 0 Å². The molecule has 1 aliphatic carbocycles. The molecule has 0 bridgehead atoms. The van der Waals surface area contributed by atoms with E-state index in [-0.39, 0.29) is 28.7 Å². The zero-order chi connectivity index (χ0) is 21.1. The van der Waals surface area contributed by atoms with Gasteiger partial charge < -0.3 is 19.7 Å². The highest BCUT2D eigenvalue weighted by Crippen LogP contribution is 2.43. The summed E-state index contributed by atoms with van der Waals surface area (Å²) in [6.45, 7) is -3.05. The van der Waals surface area contributed by atoms with Crippen LogP contribution >= 0.6 is 0 Å². The predicted molar refractivity (Wildman–Crippen MR) is 83.3 cm³/mol. The van der Waals surface area contributed by atoms with E-state index in [9.17, 15) is 20.3 Å². The number of rotatable bonds is 4. The second-order valence-electron chi connectivity index (χ2n) is 6.23. The zero-order valence-electron chi connectivity index (χ0n) is 16.3. The van der Waals surface area contributed by atoms with Gasteiger partial charge in [-0.1, -0.05) is 0 Å². The molecule has 10 heteroatoms. The molecule has 1 saturated heterocycles. The van der Waals surface area contributed by atoms with Gasteiger partial charge in [0.1, 0.15) is 30.1 Å². The van der Waals surface area contributed by atoms with Gasteiger partial charge in [0.15, 0.2) is 11.6 Å². The molecule has 2 aliphatic rings. The monoisotopic (exact) mass is 362 g/mol. The van der Waals surface area contributed by atoms with Gasteiger partial charge in [-0.25, -0.2) is 4.98 Å². The van der Waals surface area contributed by atoms with Crippen LogP contribution in [-0.4, -0.2) is 55.7 Å². The number of aromatic nitrogens is 3. The fourth-order valence-electron chi connectivity index (χ4n) is 3.07. The molecular formula is C16H17N5O5. The second-order valence-corrected chi connectivity index (χ2v) is 6.23. The third-order valence-electron chi connectivity index (χ3n) is 4.58. The Hall–Kier alpha value is -2.74. The van der Waals surface area contributed by atoms with Gasteiger partial charge in [0.05, 0.1) is 22.3 Å². The summed E-state index contributed by atoms with van der Waals surface area (Å²) in [5, 5.41) is 41.0. The number of aliphatic hydroxyl groups is 2. The maximum Gasteiger partial charge on any atom is 0.309 e. The number of carbonyl (C=O) groups excluding carboxylic acids is 1. The first-order chi connectivity index (χ1) is 13.6. The first-order valence-corrected chi connectivity index (χ1v) is 7.91. The highest BCUT2D eigenvalue weighted by atomic mass is 16.6. The molecule has 0 amide bonds. The average molecular weight is 362 g/mol. The number of aliphatic hydroxyl groups excluding tert-OH is 1. The number of fused-ring (bicyclic) bond motifs is 1. The van der Waals surface area contributed by atoms with Crippen molar-refractivity contribution < 1.29 is 28.6 Å². The largest absolute Gasteiger partial charge is 0.455 e. The summed E-state index contributed by atoms with van der Waals surface area (Å²) >= 11 is 0. The molecule has 2 fully saturated rings. The third kappa shape index (κ3) is 2.33. The van der Waals surface area contributed by atoms with E-state index in [0.29, 0.717) is 12.8 Å². The summed E-state index contributed by atoms with van der Waals surface area (Å²) in [6, 6.07) is 2.81. The van der Waals surface area contributed by atoms with Crippen LogP contribution in [0.4, 0.5) is 0 Å². The van der Waals surface area contributed by atoms with Crippen LogP contribution in [0.15, 0.2) is 18.4 Å². The first-order valence-electron chi connectivity index (χ1n) is 9.41. The van der Waals surface area contributed by atoms with Gasteiger partial charge in [0.25, 0.3) is 0 Å². The van der Waals surface area contributed by atoms with Crippen LogP contribution in [0.1, 0.15) is 22.6 Å². The Labute approximate surface area is 151 Å². The normalized spacial score (nSPS) is 33.3. The van der Waals surface area contributed by atoms with Crippen LogP contribution in [0, 0.1) is 22.7 Å². The van der Waals surface area contributed by atoms with E-state index in [4.69, 9.17) is 19.0 Å². The van der Waals surface area contributed by atoms with Gasteiger partial charge >= 0.3 is 5.97 Å². The Morgan fingerprint density at radius 2 is 2.50 bits per heavy atom. The van der Waals surface area contributed by atoms with Crippen molar-refractivity contribution >= 4 is 11.5 Å². The van der Waals surface area contributed by atoms with Gasteiger partial charge in [-0.3, -0.25) is 19.8 Å². The number of nitrogens with one attached hydrogen (secondary N) is 2. The Morgan fingerprint density at radius 3 is 3.15 bits per heavy atom. The van der Waals surface area contributed by atoms with Gasteiger partial charge in [-0.15, -0.1) is 0 Å². The second kappa shape index (κ2) is 5.91. The molecule has 1 saturated carbocycles. The van der Waals surface area contributed by atoms with Crippen LogP contribution in [0.5, 0.6) is 0 Å². The van der Waals surface area contributed by atoms with E-state index < -0.39 is 36.4 Å². The quantitative estimate of drug-likeness (QED) is 0.505. The van der Waals surface area contributed by atoms with Crippen LogP contribution in [0.3, 0.4) is 0 Å². The molecule has 4 rings (SSSR count). The number of hydrogen-bond acceptors (Lipinski definition) is 8. The van der Waals surface area contributed by atoms with E-state index in [1.54, 1.807) is 0 Å². The molecule has 3 heterocycles. The number of hydrogen-bond donors (Lipinski definition) is 4. The van der Waals surface area contributed by atoms with Crippen LogP contribution < -0.4 is 5.49 Å². The zero-order valence-corrected chi connectivity index (χ0v) is 13.3. The molecular weight excluding hydrogens is 342 g/mol. The number of nitriles is 1. The van der Waals surface area contributed by atoms with E-state index >= 15 is 0 Å². The Morgan fingerprint density at radius 1 is 1.73 bits per heavy atom. The first kappa shape index (κ1) is 13.5. The highest BCUT2D eigenvalue weighted by Gasteiger charge is 2.60. The van der Waals surface area contributed by atoms with Crippen molar-refractivity contribution in [2.75, 3.05) is 6.56 Å². The minimum absolute atomic E-state index is 0.00190. The van der Waals surface area contributed by atoms with Crippen molar-refractivity contribution in [2.45, 2.75) is 36.8 Å². The molecule has 0 spiro atoms. The summed E-state index contributed by atoms with van der Waals surface area (Å²) in [7, 11) is 0. The molecule has 0 radical (unpaired) electrons. The standard InChI is InChI=1S/C16H17N5O5/c17-6-16(11-4-3-9-14(18)19-7-20-21(9)11)13(12(23)10(5-22)26-16)25-15(24)8-1-2-8/h3-4,7-8,10,12-13,22-23H,1-2,5H2,(H2,18,19,20)/t10-,12-,13-,16+/m1/s1/i3D,5D2. The number of H-pyrrole nitrogens is 1. The Bertz CT molecular complexity index is 1090. The maximum absolute atomic E-state index is 12.3. The minimum Gasteiger partial charge on any atom is -0.455 e. The molecule has 2 aromatic rings. The van der Waals surface area contributed by atoms with Gasteiger partial charge in [-0.05, 0) is 25.0 Å². The van der Waals surface area contributed by atoms with Gasteiger partial charge in [0, 0.05) is 0 Å². The molecule has 4 N–H and O–H groups in total. The lowest BCUT2D eigenvalue weighted by Crippen LogP contribution is -2.44. The summed E-state index contributed by atoms with van der Waals surface area (Å²) in [6.07, 6.45) is -3.12. The molecule has 1 aliphatic heterocycles. The smallest absolute Gasteiger partial charge is 0.309 e. The van der Waals surface area contributed by atoms with Crippen molar-refractivity contribution in [3.8, 4) is 6.07 Å². The van der Waals surface area contributed by atoms with Gasteiger partial charge in [-0.2, -0.15) is 5.26 Å². The fourth-order valence-corrected chi connectivity index (χ4v) is 3.07. The molecule has 136 valence electrons. The predicted octanol–water partition coefficient (Wildman–Crippen LogP) is -1.07. The molecule has 26 heavy (non-hydrogen) atoms. The van der Waals surface area contributed by atoms with Crippen molar-refractivity contribution in [3.05, 3.63) is 29.6 Å². The fraction of sp³-hybridized carbons (Fsp3) is 0.500. The molecule has 10 nitrogen and oxygen atoms in total. The lowest BCUT2D eigenvalue weighted by molar-refractivity contribution is -0.161. The van der Waals surface area contributed by atoms with Crippen LogP contribution in [-0.2, 0) is 19.9 Å². The summed E-state index contributed by atoms with van der Waals surface area (Å²) < 4.78 is 35.2. The lowest BCUT2D eigenvalue weighted by atomic mass is 9.92. The van der Waals surface area contributed by atoms with Crippen molar-refractivity contribution in [2.24, 2.45) is 5.92 Å². The molecule has 0 unspecified atom stereocenters. The maximum atomic E-state index is 12.3. The highest BCUT2D eigenvalue weighted by molar-refractivity contribution is 5.75. The number of aromatic amines is 1. The molecule has 4 atom stereocenters. The van der Waals surface area contributed by atoms with E-state index in [2.05, 4.69) is 10.1 Å². The van der Waals surface area contributed by atoms with Crippen LogP contribution in [0.2, 0.25) is 0 Å². The SMILES string of the molecule is [2H]c1cc([C@]2(C#N)O[C@H](C([2H])([2H])O)[C@@H](O)[C@H]2OC(=O)C2CC2)n2[nH]cnc(=N)c12. The Balaban J connectivity index is 1.91. The lowest BCUT2D eigenvalue weighted by Gasteiger charge is -2.27. The van der Waals surface area contributed by atoms with Crippen molar-refractivity contribution in [1.82, 2.24) is 14.6 Å². The minimum atomic E-state index is -3.05. The summed E-state index contributed by atoms with van der Waals surface area (Å²) in [5.74, 6) is -1.05. The topological polar surface area (TPSA) is 157 Å².